The van der Waals surface area contributed by atoms with Crippen LogP contribution < -0.4 is 5.56 Å². The van der Waals surface area contributed by atoms with Crippen LogP contribution in [-0.2, 0) is 12.8 Å². The standard InChI is InChI=1S/C19H29NO3/c1-6-8-15-16(20-18(22)14(3)17(15)21)11-10-13(2)9-7-12-19(4,5)23/h7,10,12,23H,6,8-9,11H2,1-5H3,(H2,20,21,22). The molecule has 0 saturated carbocycles. The summed E-state index contributed by atoms with van der Waals surface area (Å²) in [7, 11) is 0. The molecule has 23 heavy (non-hydrogen) atoms. The summed E-state index contributed by atoms with van der Waals surface area (Å²) >= 11 is 0. The maximum atomic E-state index is 11.9. The molecule has 128 valence electrons. The fraction of sp³-hybridized carbons (Fsp3) is 0.526. The van der Waals surface area contributed by atoms with Crippen LogP contribution in [0.5, 0.6) is 5.75 Å². The Kier molecular flexibility index (Phi) is 6.82. The number of pyridine rings is 1. The SMILES string of the molecule is CCCc1c(CC=C(C)CC=CC(C)(C)O)[nH]c(=O)c(C)c1O. The first-order valence-electron chi connectivity index (χ1n) is 8.15. The van der Waals surface area contributed by atoms with Crippen LogP contribution in [0, 0.1) is 6.92 Å². The Morgan fingerprint density at radius 3 is 2.57 bits per heavy atom. The number of H-pyrrole nitrogens is 1. The van der Waals surface area contributed by atoms with Gasteiger partial charge in [0.05, 0.1) is 11.2 Å². The summed E-state index contributed by atoms with van der Waals surface area (Å²) in [4.78, 5) is 14.8. The summed E-state index contributed by atoms with van der Waals surface area (Å²) in [6.45, 7) is 9.17. The van der Waals surface area contributed by atoms with Crippen molar-refractivity contribution in [1.29, 1.82) is 0 Å². The van der Waals surface area contributed by atoms with Crippen molar-refractivity contribution in [2.75, 3.05) is 0 Å². The van der Waals surface area contributed by atoms with Crippen LogP contribution in [0.2, 0.25) is 0 Å². The minimum atomic E-state index is -0.803. The molecule has 0 aliphatic rings. The Balaban J connectivity index is 2.94. The lowest BCUT2D eigenvalue weighted by Crippen LogP contribution is -2.15. The van der Waals surface area contributed by atoms with E-state index >= 15 is 0 Å². The van der Waals surface area contributed by atoms with Crippen molar-refractivity contribution in [3.8, 4) is 5.75 Å². The second-order valence-electron chi connectivity index (χ2n) is 6.65. The highest BCUT2D eigenvalue weighted by atomic mass is 16.3. The van der Waals surface area contributed by atoms with Gasteiger partial charge in [0.15, 0.2) is 0 Å². The average Bonchev–Trinajstić information content (AvgIpc) is 2.45. The number of aromatic nitrogens is 1. The van der Waals surface area contributed by atoms with Gasteiger partial charge < -0.3 is 15.2 Å². The summed E-state index contributed by atoms with van der Waals surface area (Å²) in [5.41, 5.74) is 2.11. The van der Waals surface area contributed by atoms with Crippen molar-refractivity contribution in [3.63, 3.8) is 0 Å². The van der Waals surface area contributed by atoms with E-state index in [1.807, 2.05) is 26.0 Å². The maximum Gasteiger partial charge on any atom is 0.254 e. The lowest BCUT2D eigenvalue weighted by molar-refractivity contribution is 0.133. The first kappa shape index (κ1) is 19.2. The highest BCUT2D eigenvalue weighted by Gasteiger charge is 2.12. The van der Waals surface area contributed by atoms with Gasteiger partial charge in [-0.05, 0) is 40.5 Å². The molecule has 1 aromatic rings. The Morgan fingerprint density at radius 2 is 2.00 bits per heavy atom. The van der Waals surface area contributed by atoms with E-state index in [9.17, 15) is 15.0 Å². The highest BCUT2D eigenvalue weighted by molar-refractivity contribution is 5.41. The summed E-state index contributed by atoms with van der Waals surface area (Å²) in [5, 5.41) is 19.9. The van der Waals surface area contributed by atoms with E-state index in [2.05, 4.69) is 4.98 Å². The van der Waals surface area contributed by atoms with E-state index in [0.29, 0.717) is 12.0 Å². The van der Waals surface area contributed by atoms with Crippen LogP contribution in [0.1, 0.15) is 57.4 Å². The third-order valence-corrected chi connectivity index (χ3v) is 3.73. The molecule has 0 unspecified atom stereocenters. The largest absolute Gasteiger partial charge is 0.507 e. The molecule has 0 aliphatic carbocycles. The molecule has 0 radical (unpaired) electrons. The smallest absolute Gasteiger partial charge is 0.254 e. The van der Waals surface area contributed by atoms with Gasteiger partial charge in [0.2, 0.25) is 0 Å². The van der Waals surface area contributed by atoms with Gasteiger partial charge in [-0.25, -0.2) is 0 Å². The van der Waals surface area contributed by atoms with E-state index in [4.69, 9.17) is 0 Å². The molecule has 0 bridgehead atoms. The summed E-state index contributed by atoms with van der Waals surface area (Å²) in [6.07, 6.45) is 8.73. The lowest BCUT2D eigenvalue weighted by Gasteiger charge is -2.12. The molecule has 0 aromatic carbocycles. The zero-order valence-electron chi connectivity index (χ0n) is 14.9. The molecule has 0 aliphatic heterocycles. The van der Waals surface area contributed by atoms with E-state index < -0.39 is 5.60 Å². The predicted molar refractivity (Wildman–Crippen MR) is 95.0 cm³/mol. The fourth-order valence-corrected chi connectivity index (χ4v) is 2.37. The number of hydrogen-bond donors (Lipinski definition) is 3. The molecule has 0 atom stereocenters. The van der Waals surface area contributed by atoms with Crippen molar-refractivity contribution in [1.82, 2.24) is 4.98 Å². The Bertz CT molecular complexity index is 646. The fourth-order valence-electron chi connectivity index (χ4n) is 2.37. The molecule has 3 N–H and O–H groups in total. The van der Waals surface area contributed by atoms with Gasteiger partial charge in [0.25, 0.3) is 5.56 Å². The van der Waals surface area contributed by atoms with E-state index in [0.717, 1.165) is 36.1 Å². The molecule has 0 amide bonds. The third kappa shape index (κ3) is 6.06. The molecular formula is C19H29NO3. The second-order valence-corrected chi connectivity index (χ2v) is 6.65. The topological polar surface area (TPSA) is 73.3 Å². The zero-order chi connectivity index (χ0) is 17.6. The molecule has 4 nitrogen and oxygen atoms in total. The predicted octanol–water partition coefficient (Wildman–Crippen LogP) is 3.55. The molecule has 1 heterocycles. The number of hydrogen-bond acceptors (Lipinski definition) is 3. The Labute approximate surface area is 138 Å². The van der Waals surface area contributed by atoms with E-state index in [-0.39, 0.29) is 11.3 Å². The maximum absolute atomic E-state index is 11.9. The number of allylic oxidation sites excluding steroid dienone is 3. The van der Waals surface area contributed by atoms with Crippen LogP contribution in [0.3, 0.4) is 0 Å². The quantitative estimate of drug-likeness (QED) is 0.673. The van der Waals surface area contributed by atoms with Gasteiger partial charge in [0.1, 0.15) is 5.75 Å². The van der Waals surface area contributed by atoms with Crippen molar-refractivity contribution < 1.29 is 10.2 Å². The van der Waals surface area contributed by atoms with E-state index in [1.54, 1.807) is 26.8 Å². The number of nitrogens with one attached hydrogen (secondary N) is 1. The van der Waals surface area contributed by atoms with Crippen molar-refractivity contribution >= 4 is 0 Å². The minimum Gasteiger partial charge on any atom is -0.507 e. The number of aliphatic hydroxyl groups is 1. The van der Waals surface area contributed by atoms with Crippen LogP contribution in [0.25, 0.3) is 0 Å². The Hall–Kier alpha value is -1.81. The third-order valence-electron chi connectivity index (χ3n) is 3.73. The lowest BCUT2D eigenvalue weighted by atomic mass is 10.0. The first-order valence-corrected chi connectivity index (χ1v) is 8.15. The normalized spacial score (nSPS) is 13.0. The van der Waals surface area contributed by atoms with Gasteiger partial charge in [0, 0.05) is 17.7 Å². The Morgan fingerprint density at radius 1 is 1.35 bits per heavy atom. The minimum absolute atomic E-state index is 0.124. The van der Waals surface area contributed by atoms with Crippen LogP contribution in [0.4, 0.5) is 0 Å². The zero-order valence-corrected chi connectivity index (χ0v) is 14.9. The van der Waals surface area contributed by atoms with Crippen LogP contribution >= 0.6 is 0 Å². The molecule has 4 heteroatoms. The molecule has 0 fully saturated rings. The second kappa shape index (κ2) is 8.16. The first-order chi connectivity index (χ1) is 10.7. The van der Waals surface area contributed by atoms with Crippen molar-refractivity contribution in [2.24, 2.45) is 0 Å². The van der Waals surface area contributed by atoms with Crippen LogP contribution in [-0.4, -0.2) is 20.8 Å². The molecular weight excluding hydrogens is 290 g/mol. The van der Waals surface area contributed by atoms with Gasteiger partial charge in [-0.3, -0.25) is 4.79 Å². The summed E-state index contributed by atoms with van der Waals surface area (Å²) in [5.74, 6) is 0.124. The monoisotopic (exact) mass is 319 g/mol. The van der Waals surface area contributed by atoms with Crippen molar-refractivity contribution in [3.05, 3.63) is 51.0 Å². The van der Waals surface area contributed by atoms with Crippen LogP contribution in [0.15, 0.2) is 28.6 Å². The van der Waals surface area contributed by atoms with Gasteiger partial charge in [-0.15, -0.1) is 0 Å². The molecule has 1 aromatic heterocycles. The summed E-state index contributed by atoms with van der Waals surface area (Å²) in [6, 6.07) is 0. The number of aromatic amines is 1. The summed E-state index contributed by atoms with van der Waals surface area (Å²) < 4.78 is 0. The molecule has 0 spiro atoms. The number of rotatable bonds is 7. The van der Waals surface area contributed by atoms with Gasteiger partial charge in [-0.1, -0.05) is 37.1 Å². The van der Waals surface area contributed by atoms with Gasteiger partial charge >= 0.3 is 0 Å². The average molecular weight is 319 g/mol. The molecule has 1 rings (SSSR count). The van der Waals surface area contributed by atoms with E-state index in [1.165, 1.54) is 0 Å². The van der Waals surface area contributed by atoms with Crippen molar-refractivity contribution in [2.45, 2.75) is 65.9 Å². The highest BCUT2D eigenvalue weighted by Crippen LogP contribution is 2.23. The number of aromatic hydroxyl groups is 1. The molecule has 0 saturated heterocycles. The van der Waals surface area contributed by atoms with Gasteiger partial charge in [-0.2, -0.15) is 0 Å².